The topological polar surface area (TPSA) is 80.7 Å². The molecule has 0 aliphatic rings. The Bertz CT molecular complexity index is 1060. The standard InChI is InChI=1S/C18H13N5OS2/c1-11-7-12(9-25-11)16-13(3-2-4-21-16)22-17(24)15-10-26-18(23-15)14-8-19-5-6-20-14/h2-10H,1H3,(H,22,24). The number of amides is 1. The number of thiophene rings is 1. The van der Waals surface area contributed by atoms with E-state index in [1.807, 2.05) is 18.4 Å². The highest BCUT2D eigenvalue weighted by molar-refractivity contribution is 7.13. The fraction of sp³-hybridized carbons (Fsp3) is 0.0556. The van der Waals surface area contributed by atoms with Crippen LogP contribution in [0, 0.1) is 6.92 Å². The molecular weight excluding hydrogens is 366 g/mol. The van der Waals surface area contributed by atoms with E-state index in [4.69, 9.17) is 0 Å². The van der Waals surface area contributed by atoms with Crippen molar-refractivity contribution in [3.63, 3.8) is 0 Å². The molecule has 4 rings (SSSR count). The lowest BCUT2D eigenvalue weighted by Gasteiger charge is -2.08. The van der Waals surface area contributed by atoms with Crippen LogP contribution in [0.4, 0.5) is 5.69 Å². The van der Waals surface area contributed by atoms with Gasteiger partial charge in [-0.3, -0.25) is 19.7 Å². The van der Waals surface area contributed by atoms with Crippen molar-refractivity contribution < 1.29 is 4.79 Å². The Kier molecular flexibility index (Phi) is 4.51. The molecule has 1 amide bonds. The molecule has 0 saturated carbocycles. The van der Waals surface area contributed by atoms with Gasteiger partial charge < -0.3 is 5.32 Å². The SMILES string of the molecule is Cc1cc(-c2ncccc2NC(=O)c2csc(-c3cnccn3)n2)cs1. The molecule has 0 spiro atoms. The number of pyridine rings is 1. The van der Waals surface area contributed by atoms with Crippen LogP contribution in [0.3, 0.4) is 0 Å². The van der Waals surface area contributed by atoms with E-state index in [0.717, 1.165) is 11.3 Å². The predicted octanol–water partition coefficient (Wildman–Crippen LogP) is 4.28. The molecule has 4 aromatic rings. The number of aromatic nitrogens is 4. The highest BCUT2D eigenvalue weighted by atomic mass is 32.1. The maximum atomic E-state index is 12.6. The summed E-state index contributed by atoms with van der Waals surface area (Å²) in [7, 11) is 0. The van der Waals surface area contributed by atoms with Crippen molar-refractivity contribution in [2.24, 2.45) is 0 Å². The zero-order valence-electron chi connectivity index (χ0n) is 13.7. The number of aryl methyl sites for hydroxylation is 1. The summed E-state index contributed by atoms with van der Waals surface area (Å²) >= 11 is 3.00. The summed E-state index contributed by atoms with van der Waals surface area (Å²) in [5.74, 6) is -0.280. The number of hydrogen-bond donors (Lipinski definition) is 1. The van der Waals surface area contributed by atoms with Gasteiger partial charge in [-0.25, -0.2) is 4.98 Å². The van der Waals surface area contributed by atoms with Crippen molar-refractivity contribution in [2.45, 2.75) is 6.92 Å². The summed E-state index contributed by atoms with van der Waals surface area (Å²) in [6.07, 6.45) is 6.54. The van der Waals surface area contributed by atoms with Gasteiger partial charge in [0.25, 0.3) is 5.91 Å². The summed E-state index contributed by atoms with van der Waals surface area (Å²) in [6.45, 7) is 2.04. The quantitative estimate of drug-likeness (QED) is 0.572. The number of carbonyl (C=O) groups excluding carboxylic acids is 1. The molecule has 26 heavy (non-hydrogen) atoms. The fourth-order valence-electron chi connectivity index (χ4n) is 2.40. The molecule has 0 fully saturated rings. The Morgan fingerprint density at radius 1 is 1.12 bits per heavy atom. The lowest BCUT2D eigenvalue weighted by Crippen LogP contribution is -2.13. The van der Waals surface area contributed by atoms with E-state index in [1.165, 1.54) is 16.2 Å². The van der Waals surface area contributed by atoms with Gasteiger partial charge in [0, 0.05) is 39.8 Å². The van der Waals surface area contributed by atoms with Crippen molar-refractivity contribution in [1.82, 2.24) is 19.9 Å². The molecule has 0 aliphatic carbocycles. The van der Waals surface area contributed by atoms with Crippen molar-refractivity contribution >= 4 is 34.3 Å². The number of hydrogen-bond acceptors (Lipinski definition) is 7. The number of nitrogens with zero attached hydrogens (tertiary/aromatic N) is 4. The van der Waals surface area contributed by atoms with Crippen molar-refractivity contribution in [2.75, 3.05) is 5.32 Å². The van der Waals surface area contributed by atoms with Crippen LogP contribution >= 0.6 is 22.7 Å². The third kappa shape index (κ3) is 3.37. The minimum absolute atomic E-state index is 0.280. The summed E-state index contributed by atoms with van der Waals surface area (Å²) in [5.41, 5.74) is 3.38. The minimum Gasteiger partial charge on any atom is -0.319 e. The first-order valence-electron chi connectivity index (χ1n) is 7.74. The van der Waals surface area contributed by atoms with E-state index in [9.17, 15) is 4.79 Å². The number of carbonyl (C=O) groups is 1. The highest BCUT2D eigenvalue weighted by Crippen LogP contribution is 2.30. The average molecular weight is 379 g/mol. The fourth-order valence-corrected chi connectivity index (χ4v) is 3.84. The molecule has 0 unspecified atom stereocenters. The first kappa shape index (κ1) is 16.5. The van der Waals surface area contributed by atoms with Crippen LogP contribution in [0.25, 0.3) is 22.0 Å². The Morgan fingerprint density at radius 2 is 2.04 bits per heavy atom. The summed E-state index contributed by atoms with van der Waals surface area (Å²) in [5, 5.41) is 7.31. The van der Waals surface area contributed by atoms with E-state index in [1.54, 1.807) is 47.6 Å². The molecule has 0 saturated heterocycles. The second kappa shape index (κ2) is 7.11. The second-order valence-electron chi connectivity index (χ2n) is 5.43. The molecule has 4 aromatic heterocycles. The average Bonchev–Trinajstić information content (AvgIpc) is 3.32. The molecule has 6 nitrogen and oxygen atoms in total. The molecule has 1 N–H and O–H groups in total. The molecule has 0 radical (unpaired) electrons. The molecule has 0 atom stereocenters. The van der Waals surface area contributed by atoms with E-state index in [-0.39, 0.29) is 5.91 Å². The summed E-state index contributed by atoms with van der Waals surface area (Å²) in [4.78, 5) is 30.8. The van der Waals surface area contributed by atoms with Gasteiger partial charge in [-0.15, -0.1) is 22.7 Å². The van der Waals surface area contributed by atoms with Gasteiger partial charge in [-0.05, 0) is 25.1 Å². The van der Waals surface area contributed by atoms with E-state index < -0.39 is 0 Å². The van der Waals surface area contributed by atoms with E-state index >= 15 is 0 Å². The first-order valence-corrected chi connectivity index (χ1v) is 9.50. The van der Waals surface area contributed by atoms with Gasteiger partial charge in [0.2, 0.25) is 0 Å². The van der Waals surface area contributed by atoms with Crippen LogP contribution in [-0.4, -0.2) is 25.8 Å². The number of anilines is 1. The van der Waals surface area contributed by atoms with Crippen LogP contribution in [0.2, 0.25) is 0 Å². The van der Waals surface area contributed by atoms with Gasteiger partial charge in [-0.2, -0.15) is 0 Å². The first-order chi connectivity index (χ1) is 12.7. The predicted molar refractivity (Wildman–Crippen MR) is 103 cm³/mol. The smallest absolute Gasteiger partial charge is 0.275 e. The van der Waals surface area contributed by atoms with Crippen molar-refractivity contribution in [3.05, 3.63) is 64.3 Å². The lowest BCUT2D eigenvalue weighted by atomic mass is 10.1. The molecule has 0 aromatic carbocycles. The monoisotopic (exact) mass is 379 g/mol. The zero-order valence-corrected chi connectivity index (χ0v) is 15.3. The summed E-state index contributed by atoms with van der Waals surface area (Å²) in [6, 6.07) is 5.69. The van der Waals surface area contributed by atoms with Crippen LogP contribution in [-0.2, 0) is 0 Å². The van der Waals surface area contributed by atoms with Gasteiger partial charge >= 0.3 is 0 Å². The van der Waals surface area contributed by atoms with E-state index in [2.05, 4.69) is 31.3 Å². The van der Waals surface area contributed by atoms with Crippen molar-refractivity contribution in [1.29, 1.82) is 0 Å². The number of nitrogens with one attached hydrogen (secondary N) is 1. The number of thiazole rings is 1. The Morgan fingerprint density at radius 3 is 2.81 bits per heavy atom. The molecule has 0 aliphatic heterocycles. The van der Waals surface area contributed by atoms with Crippen molar-refractivity contribution in [3.8, 4) is 22.0 Å². The van der Waals surface area contributed by atoms with Crippen LogP contribution in [0.1, 0.15) is 15.4 Å². The third-order valence-corrected chi connectivity index (χ3v) is 5.31. The maximum Gasteiger partial charge on any atom is 0.275 e. The van der Waals surface area contributed by atoms with Gasteiger partial charge in [0.15, 0.2) is 0 Å². The Labute approximate surface area is 157 Å². The minimum atomic E-state index is -0.280. The zero-order chi connectivity index (χ0) is 17.9. The van der Waals surface area contributed by atoms with Crippen LogP contribution in [0.15, 0.2) is 53.7 Å². The maximum absolute atomic E-state index is 12.6. The van der Waals surface area contributed by atoms with Crippen LogP contribution < -0.4 is 5.32 Å². The third-order valence-electron chi connectivity index (χ3n) is 3.58. The van der Waals surface area contributed by atoms with Gasteiger partial charge in [-0.1, -0.05) is 0 Å². The molecule has 8 heteroatoms. The largest absolute Gasteiger partial charge is 0.319 e. The number of rotatable bonds is 4. The second-order valence-corrected chi connectivity index (χ2v) is 7.40. The van der Waals surface area contributed by atoms with Gasteiger partial charge in [0.05, 0.1) is 17.6 Å². The molecule has 0 bridgehead atoms. The normalized spacial score (nSPS) is 10.7. The Balaban J connectivity index is 1.59. The lowest BCUT2D eigenvalue weighted by molar-refractivity contribution is 0.102. The molecule has 4 heterocycles. The van der Waals surface area contributed by atoms with Crippen LogP contribution in [0.5, 0.6) is 0 Å². The summed E-state index contributed by atoms with van der Waals surface area (Å²) < 4.78 is 0. The van der Waals surface area contributed by atoms with Gasteiger partial charge in [0.1, 0.15) is 16.4 Å². The van der Waals surface area contributed by atoms with E-state index in [0.29, 0.717) is 22.1 Å². The molecular formula is C18H13N5OS2. The Hall–Kier alpha value is -2.97. The molecule has 128 valence electrons. The highest BCUT2D eigenvalue weighted by Gasteiger charge is 2.15.